The fourth-order valence-electron chi connectivity index (χ4n) is 3.59. The first-order valence-electron chi connectivity index (χ1n) is 11.6. The summed E-state index contributed by atoms with van der Waals surface area (Å²) in [5.74, 6) is -0.129. The second-order valence-electron chi connectivity index (χ2n) is 9.45. The van der Waals surface area contributed by atoms with Crippen molar-refractivity contribution in [3.05, 3.63) is 112 Å². The van der Waals surface area contributed by atoms with E-state index in [-0.39, 0.29) is 11.3 Å². The first-order valence-corrected chi connectivity index (χ1v) is 12.8. The first kappa shape index (κ1) is 25.6. The molecule has 1 amide bonds. The van der Waals surface area contributed by atoms with Gasteiger partial charge in [-0.2, -0.15) is 0 Å². The number of carbonyl (C=O) groups is 2. The number of ether oxygens (including phenoxy) is 1. The second-order valence-corrected chi connectivity index (χ2v) is 11.1. The average molecular weight is 514 g/mol. The highest BCUT2D eigenvalue weighted by Crippen LogP contribution is 2.33. The molecule has 1 aliphatic heterocycles. The normalized spacial score (nSPS) is 15.2. The number of thiocarbonyl (C=S) groups is 1. The van der Waals surface area contributed by atoms with E-state index in [0.717, 1.165) is 16.7 Å². The molecule has 0 atom stereocenters. The maximum atomic E-state index is 12.9. The van der Waals surface area contributed by atoms with E-state index in [1.165, 1.54) is 23.4 Å². The summed E-state index contributed by atoms with van der Waals surface area (Å²) in [6.45, 7) is 6.94. The Morgan fingerprint density at radius 2 is 1.58 bits per heavy atom. The van der Waals surface area contributed by atoms with Gasteiger partial charge in [0.2, 0.25) is 0 Å². The van der Waals surface area contributed by atoms with Gasteiger partial charge in [-0.1, -0.05) is 111 Å². The average Bonchev–Trinajstić information content (AvgIpc) is 3.11. The summed E-state index contributed by atoms with van der Waals surface area (Å²) in [6.07, 6.45) is 4.95. The van der Waals surface area contributed by atoms with Crippen molar-refractivity contribution >= 4 is 52.3 Å². The Labute approximate surface area is 221 Å². The first-order chi connectivity index (χ1) is 17.2. The Morgan fingerprint density at radius 3 is 2.22 bits per heavy atom. The highest BCUT2D eigenvalue weighted by molar-refractivity contribution is 8.26. The molecule has 1 heterocycles. The number of rotatable bonds is 6. The molecule has 6 heteroatoms. The molecule has 4 nitrogen and oxygen atoms in total. The lowest BCUT2D eigenvalue weighted by atomic mass is 9.87. The van der Waals surface area contributed by atoms with E-state index in [0.29, 0.717) is 21.5 Å². The van der Waals surface area contributed by atoms with Crippen LogP contribution in [-0.4, -0.2) is 21.1 Å². The predicted molar refractivity (Wildman–Crippen MR) is 151 cm³/mol. The minimum Gasteiger partial charge on any atom is -0.423 e. The zero-order valence-corrected chi connectivity index (χ0v) is 22.1. The molecule has 0 unspecified atom stereocenters. The van der Waals surface area contributed by atoms with E-state index in [2.05, 4.69) is 32.9 Å². The van der Waals surface area contributed by atoms with Crippen LogP contribution in [0.4, 0.5) is 0 Å². The van der Waals surface area contributed by atoms with Crippen molar-refractivity contribution < 1.29 is 14.3 Å². The van der Waals surface area contributed by atoms with Gasteiger partial charge in [0.15, 0.2) is 0 Å². The van der Waals surface area contributed by atoms with Gasteiger partial charge in [-0.15, -0.1) is 0 Å². The molecule has 4 rings (SSSR count). The van der Waals surface area contributed by atoms with E-state index in [9.17, 15) is 9.59 Å². The quantitative estimate of drug-likeness (QED) is 0.154. The Morgan fingerprint density at radius 1 is 0.944 bits per heavy atom. The van der Waals surface area contributed by atoms with Crippen LogP contribution in [0.3, 0.4) is 0 Å². The van der Waals surface area contributed by atoms with Crippen LogP contribution in [0.1, 0.15) is 43.0 Å². The minimum absolute atomic E-state index is 0.0838. The summed E-state index contributed by atoms with van der Waals surface area (Å²) in [5, 5.41) is 0. The fraction of sp³-hybridized carbons (Fsp3) is 0.167. The van der Waals surface area contributed by atoms with E-state index in [1.807, 2.05) is 42.5 Å². The van der Waals surface area contributed by atoms with Gasteiger partial charge in [-0.25, -0.2) is 4.79 Å². The van der Waals surface area contributed by atoms with Gasteiger partial charge in [0.05, 0.1) is 11.4 Å². The van der Waals surface area contributed by atoms with Crippen LogP contribution in [0.25, 0.3) is 12.2 Å². The summed E-state index contributed by atoms with van der Waals surface area (Å²) in [7, 11) is 0. The minimum atomic E-state index is -0.454. The molecule has 36 heavy (non-hydrogen) atoms. The molecule has 1 fully saturated rings. The van der Waals surface area contributed by atoms with E-state index < -0.39 is 5.97 Å². The zero-order chi connectivity index (χ0) is 25.7. The topological polar surface area (TPSA) is 46.6 Å². The molecule has 0 radical (unpaired) electrons. The zero-order valence-electron chi connectivity index (χ0n) is 20.4. The molecule has 3 aromatic rings. The highest BCUT2D eigenvalue weighted by atomic mass is 32.2. The maximum absolute atomic E-state index is 12.9. The van der Waals surface area contributed by atoms with Crippen LogP contribution in [0.15, 0.2) is 89.8 Å². The van der Waals surface area contributed by atoms with Crippen molar-refractivity contribution in [2.24, 2.45) is 0 Å². The van der Waals surface area contributed by atoms with E-state index in [4.69, 9.17) is 17.0 Å². The number of hydrogen-bond acceptors (Lipinski definition) is 5. The summed E-state index contributed by atoms with van der Waals surface area (Å²) in [4.78, 5) is 27.3. The summed E-state index contributed by atoms with van der Waals surface area (Å²) in [5.41, 5.74) is 4.10. The molecule has 3 aromatic carbocycles. The molecule has 0 spiro atoms. The molecule has 0 aromatic heterocycles. The summed E-state index contributed by atoms with van der Waals surface area (Å²) < 4.78 is 5.96. The Bertz CT molecular complexity index is 1320. The Kier molecular flexibility index (Phi) is 7.87. The van der Waals surface area contributed by atoms with Gasteiger partial charge in [-0.05, 0) is 52.0 Å². The van der Waals surface area contributed by atoms with Gasteiger partial charge in [0.1, 0.15) is 10.1 Å². The molecular formula is C30H27NO3S2. The molecule has 0 N–H and O–H groups in total. The van der Waals surface area contributed by atoms with Crippen molar-refractivity contribution in [1.82, 2.24) is 4.90 Å². The third kappa shape index (κ3) is 6.59. The molecule has 1 saturated heterocycles. The summed E-state index contributed by atoms with van der Waals surface area (Å²) >= 11 is 6.72. The number of hydrogen-bond donors (Lipinski definition) is 0. The third-order valence-corrected chi connectivity index (χ3v) is 7.02. The molecular weight excluding hydrogens is 486 g/mol. The van der Waals surface area contributed by atoms with Crippen LogP contribution in [0.5, 0.6) is 5.75 Å². The van der Waals surface area contributed by atoms with Gasteiger partial charge in [0, 0.05) is 6.08 Å². The fourth-order valence-corrected chi connectivity index (χ4v) is 4.85. The Hall–Kier alpha value is -3.48. The highest BCUT2D eigenvalue weighted by Gasteiger charge is 2.31. The Balaban J connectivity index is 1.35. The second kappa shape index (κ2) is 11.1. The van der Waals surface area contributed by atoms with E-state index >= 15 is 0 Å². The number of benzene rings is 3. The summed E-state index contributed by atoms with van der Waals surface area (Å²) in [6, 6.07) is 24.9. The lowest BCUT2D eigenvalue weighted by Crippen LogP contribution is -2.27. The van der Waals surface area contributed by atoms with Crippen LogP contribution >= 0.6 is 24.0 Å². The number of esters is 1. The van der Waals surface area contributed by atoms with E-state index in [1.54, 1.807) is 41.3 Å². The van der Waals surface area contributed by atoms with Crippen molar-refractivity contribution in [3.63, 3.8) is 0 Å². The van der Waals surface area contributed by atoms with Gasteiger partial charge < -0.3 is 4.74 Å². The van der Waals surface area contributed by atoms with Crippen LogP contribution in [0, 0.1) is 0 Å². The van der Waals surface area contributed by atoms with Gasteiger partial charge in [-0.3, -0.25) is 9.69 Å². The number of carbonyl (C=O) groups excluding carboxylic acids is 2. The van der Waals surface area contributed by atoms with Gasteiger partial charge in [0.25, 0.3) is 5.91 Å². The molecule has 0 bridgehead atoms. The van der Waals surface area contributed by atoms with Gasteiger partial charge >= 0.3 is 5.97 Å². The molecule has 0 aliphatic carbocycles. The molecule has 182 valence electrons. The standard InChI is InChI=1S/C30H27NO3S2/c1-30(2,3)24-14-9-21(10-15-24)13-18-27(32)34-25-16-11-22(12-17-25)19-26-28(33)31(29(35)36-26)20-23-7-5-4-6-8-23/h4-19H,20H2,1-3H3. The maximum Gasteiger partial charge on any atom is 0.336 e. The lowest BCUT2D eigenvalue weighted by molar-refractivity contribution is -0.129. The van der Waals surface area contributed by atoms with Crippen molar-refractivity contribution in [2.45, 2.75) is 32.7 Å². The van der Waals surface area contributed by atoms with Crippen LogP contribution in [-0.2, 0) is 21.5 Å². The molecule has 0 saturated carbocycles. The number of thioether (sulfide) groups is 1. The van der Waals surface area contributed by atoms with Crippen molar-refractivity contribution in [2.75, 3.05) is 0 Å². The van der Waals surface area contributed by atoms with Crippen LogP contribution in [0.2, 0.25) is 0 Å². The SMILES string of the molecule is CC(C)(C)c1ccc(C=CC(=O)Oc2ccc(C=C3SC(=S)N(Cc4ccccc4)C3=O)cc2)cc1. The predicted octanol–water partition coefficient (Wildman–Crippen LogP) is 7.00. The van der Waals surface area contributed by atoms with Crippen LogP contribution < -0.4 is 4.74 Å². The molecule has 1 aliphatic rings. The number of amides is 1. The van der Waals surface area contributed by atoms with Crippen molar-refractivity contribution in [1.29, 1.82) is 0 Å². The number of nitrogens with zero attached hydrogens (tertiary/aromatic N) is 1. The lowest BCUT2D eigenvalue weighted by Gasteiger charge is -2.18. The monoisotopic (exact) mass is 513 g/mol. The largest absolute Gasteiger partial charge is 0.423 e. The van der Waals surface area contributed by atoms with Crippen molar-refractivity contribution in [3.8, 4) is 5.75 Å². The third-order valence-electron chi connectivity index (χ3n) is 5.64. The smallest absolute Gasteiger partial charge is 0.336 e.